The molecule has 1 aromatic carbocycles. The molecule has 3 heterocycles. The van der Waals surface area contributed by atoms with Crippen LogP contribution >= 0.6 is 0 Å². The van der Waals surface area contributed by atoms with Gasteiger partial charge in [-0.1, -0.05) is 24.3 Å². The lowest BCUT2D eigenvalue weighted by Gasteiger charge is -2.34. The van der Waals surface area contributed by atoms with Crippen LogP contribution in [0.2, 0.25) is 0 Å². The molecule has 1 fully saturated rings. The van der Waals surface area contributed by atoms with Gasteiger partial charge in [0.1, 0.15) is 0 Å². The van der Waals surface area contributed by atoms with Gasteiger partial charge in [-0.3, -0.25) is 14.8 Å². The van der Waals surface area contributed by atoms with Crippen LogP contribution in [-0.4, -0.2) is 56.0 Å². The maximum atomic E-state index is 4.60. The molecular formula is C19H22N6. The van der Waals surface area contributed by atoms with E-state index in [0.29, 0.717) is 0 Å². The molecule has 0 saturated carbocycles. The number of piperazine rings is 1. The molecule has 128 valence electrons. The van der Waals surface area contributed by atoms with Crippen LogP contribution in [0, 0.1) is 0 Å². The molecule has 0 N–H and O–H groups in total. The molecular weight excluding hydrogens is 312 g/mol. The third kappa shape index (κ3) is 4.10. The number of nitrogens with zero attached hydrogens (tertiary/aromatic N) is 6. The molecule has 1 saturated heterocycles. The Hall–Kier alpha value is -2.57. The summed E-state index contributed by atoms with van der Waals surface area (Å²) in [5, 5.41) is 8.98. The largest absolute Gasteiger partial charge is 0.295 e. The summed E-state index contributed by atoms with van der Waals surface area (Å²) in [6, 6.07) is 16.1. The summed E-state index contributed by atoms with van der Waals surface area (Å²) >= 11 is 0. The van der Waals surface area contributed by atoms with Crippen molar-refractivity contribution in [3.63, 3.8) is 0 Å². The summed E-state index contributed by atoms with van der Waals surface area (Å²) in [4.78, 5) is 11.0. The van der Waals surface area contributed by atoms with Gasteiger partial charge < -0.3 is 0 Å². The molecule has 0 bridgehead atoms. The Labute approximate surface area is 147 Å². The summed E-state index contributed by atoms with van der Waals surface area (Å²) in [6.07, 6.45) is 3.73. The zero-order valence-corrected chi connectivity index (χ0v) is 14.2. The van der Waals surface area contributed by atoms with Crippen LogP contribution in [-0.2, 0) is 13.1 Å². The van der Waals surface area contributed by atoms with Crippen LogP contribution in [0.5, 0.6) is 0 Å². The Morgan fingerprint density at radius 3 is 2.12 bits per heavy atom. The third-order valence-electron chi connectivity index (χ3n) is 4.49. The van der Waals surface area contributed by atoms with Gasteiger partial charge in [0, 0.05) is 45.5 Å². The molecule has 3 aromatic rings. The lowest BCUT2D eigenvalue weighted by Crippen LogP contribution is -2.45. The first-order valence-electron chi connectivity index (χ1n) is 8.68. The van der Waals surface area contributed by atoms with Crippen molar-refractivity contribution < 1.29 is 0 Å². The summed E-state index contributed by atoms with van der Waals surface area (Å²) in [6.45, 7) is 5.99. The SMILES string of the molecule is c1ccc(-n2ncc(CN3CCN(Cc4ccccn4)CC3)n2)cc1. The van der Waals surface area contributed by atoms with Crippen molar-refractivity contribution in [3.8, 4) is 5.69 Å². The zero-order chi connectivity index (χ0) is 16.9. The van der Waals surface area contributed by atoms with Crippen LogP contribution in [0.15, 0.2) is 60.9 Å². The Morgan fingerprint density at radius 1 is 0.760 bits per heavy atom. The van der Waals surface area contributed by atoms with Crippen molar-refractivity contribution in [2.24, 2.45) is 0 Å². The van der Waals surface area contributed by atoms with E-state index < -0.39 is 0 Å². The van der Waals surface area contributed by atoms with Gasteiger partial charge in [-0.15, -0.1) is 0 Å². The number of hydrogen-bond acceptors (Lipinski definition) is 5. The molecule has 2 aromatic heterocycles. The monoisotopic (exact) mass is 334 g/mol. The van der Waals surface area contributed by atoms with Crippen LogP contribution in [0.4, 0.5) is 0 Å². The first kappa shape index (κ1) is 15.9. The quantitative estimate of drug-likeness (QED) is 0.714. The fourth-order valence-corrected chi connectivity index (χ4v) is 3.11. The van der Waals surface area contributed by atoms with E-state index in [1.165, 1.54) is 0 Å². The topological polar surface area (TPSA) is 50.1 Å². The number of benzene rings is 1. The second-order valence-corrected chi connectivity index (χ2v) is 6.33. The molecule has 6 heteroatoms. The highest BCUT2D eigenvalue weighted by atomic mass is 15.5. The summed E-state index contributed by atoms with van der Waals surface area (Å²) in [5.41, 5.74) is 3.15. The highest BCUT2D eigenvalue weighted by Crippen LogP contribution is 2.10. The molecule has 4 rings (SSSR count). The van der Waals surface area contributed by atoms with Crippen molar-refractivity contribution in [2.75, 3.05) is 26.2 Å². The molecule has 0 amide bonds. The van der Waals surface area contributed by atoms with Gasteiger partial charge in [-0.2, -0.15) is 15.0 Å². The van der Waals surface area contributed by atoms with Gasteiger partial charge >= 0.3 is 0 Å². The average Bonchev–Trinajstić information content (AvgIpc) is 3.14. The van der Waals surface area contributed by atoms with Crippen molar-refractivity contribution in [1.82, 2.24) is 29.8 Å². The van der Waals surface area contributed by atoms with Crippen molar-refractivity contribution in [2.45, 2.75) is 13.1 Å². The molecule has 0 aliphatic carbocycles. The lowest BCUT2D eigenvalue weighted by atomic mass is 10.2. The maximum absolute atomic E-state index is 4.60. The Bertz CT molecular complexity index is 778. The predicted molar refractivity (Wildman–Crippen MR) is 96.2 cm³/mol. The summed E-state index contributed by atoms with van der Waals surface area (Å²) in [5.74, 6) is 0. The molecule has 25 heavy (non-hydrogen) atoms. The van der Waals surface area contributed by atoms with Gasteiger partial charge in [-0.05, 0) is 24.3 Å². The number of pyridine rings is 1. The fraction of sp³-hybridized carbons (Fsp3) is 0.316. The van der Waals surface area contributed by atoms with E-state index in [-0.39, 0.29) is 0 Å². The Balaban J connectivity index is 1.30. The normalized spacial score (nSPS) is 16.2. The first-order chi connectivity index (χ1) is 12.4. The van der Waals surface area contributed by atoms with E-state index in [0.717, 1.165) is 56.3 Å². The minimum atomic E-state index is 0.851. The molecule has 1 aliphatic rings. The van der Waals surface area contributed by atoms with E-state index in [4.69, 9.17) is 0 Å². The molecule has 6 nitrogen and oxygen atoms in total. The first-order valence-corrected chi connectivity index (χ1v) is 8.68. The highest BCUT2D eigenvalue weighted by molar-refractivity contribution is 5.28. The van der Waals surface area contributed by atoms with E-state index in [9.17, 15) is 0 Å². The summed E-state index contributed by atoms with van der Waals surface area (Å²) in [7, 11) is 0. The van der Waals surface area contributed by atoms with Crippen molar-refractivity contribution >= 4 is 0 Å². The van der Waals surface area contributed by atoms with Gasteiger partial charge in [0.05, 0.1) is 23.3 Å². The minimum absolute atomic E-state index is 0.851. The number of aromatic nitrogens is 4. The fourth-order valence-electron chi connectivity index (χ4n) is 3.11. The zero-order valence-electron chi connectivity index (χ0n) is 14.2. The van der Waals surface area contributed by atoms with E-state index in [1.54, 1.807) is 4.80 Å². The van der Waals surface area contributed by atoms with Crippen LogP contribution in [0.3, 0.4) is 0 Å². The smallest absolute Gasteiger partial charge is 0.0971 e. The molecule has 0 spiro atoms. The van der Waals surface area contributed by atoms with Crippen molar-refractivity contribution in [3.05, 3.63) is 72.3 Å². The van der Waals surface area contributed by atoms with Crippen LogP contribution in [0.1, 0.15) is 11.4 Å². The molecule has 0 atom stereocenters. The van der Waals surface area contributed by atoms with E-state index >= 15 is 0 Å². The molecule has 0 radical (unpaired) electrons. The lowest BCUT2D eigenvalue weighted by molar-refractivity contribution is 0.120. The number of hydrogen-bond donors (Lipinski definition) is 0. The van der Waals surface area contributed by atoms with Crippen molar-refractivity contribution in [1.29, 1.82) is 0 Å². The standard InChI is InChI=1S/C19H22N6/c1-2-7-19(8-3-1)25-21-14-18(22-25)16-24-12-10-23(11-13-24)15-17-6-4-5-9-20-17/h1-9,14H,10-13,15-16H2. The van der Waals surface area contributed by atoms with Gasteiger partial charge in [-0.25, -0.2) is 0 Å². The third-order valence-corrected chi connectivity index (χ3v) is 4.49. The Morgan fingerprint density at radius 2 is 1.44 bits per heavy atom. The average molecular weight is 334 g/mol. The summed E-state index contributed by atoms with van der Waals surface area (Å²) < 4.78 is 0. The van der Waals surface area contributed by atoms with Crippen LogP contribution in [0.25, 0.3) is 5.69 Å². The van der Waals surface area contributed by atoms with Gasteiger partial charge in [0.15, 0.2) is 0 Å². The second-order valence-electron chi connectivity index (χ2n) is 6.33. The highest BCUT2D eigenvalue weighted by Gasteiger charge is 2.18. The second kappa shape index (κ2) is 7.55. The van der Waals surface area contributed by atoms with Gasteiger partial charge in [0.25, 0.3) is 0 Å². The number of rotatable bonds is 5. The predicted octanol–water partition coefficient (Wildman–Crippen LogP) is 1.98. The van der Waals surface area contributed by atoms with E-state index in [1.807, 2.05) is 48.8 Å². The number of para-hydroxylation sites is 1. The minimum Gasteiger partial charge on any atom is -0.295 e. The Kier molecular flexibility index (Phi) is 4.81. The maximum Gasteiger partial charge on any atom is 0.0971 e. The van der Waals surface area contributed by atoms with E-state index in [2.05, 4.69) is 37.1 Å². The molecule has 1 aliphatic heterocycles. The van der Waals surface area contributed by atoms with Crippen LogP contribution < -0.4 is 0 Å². The molecule has 0 unspecified atom stereocenters. The van der Waals surface area contributed by atoms with Gasteiger partial charge in [0.2, 0.25) is 0 Å².